The molecule has 1 heterocycles. The van der Waals surface area contributed by atoms with Gasteiger partial charge in [0.15, 0.2) is 0 Å². The van der Waals surface area contributed by atoms with Gasteiger partial charge in [-0.2, -0.15) is 0 Å². The molecule has 1 saturated carbocycles. The van der Waals surface area contributed by atoms with Crippen molar-refractivity contribution >= 4 is 0 Å². The third-order valence-corrected chi connectivity index (χ3v) is 3.78. The fourth-order valence-corrected chi connectivity index (χ4v) is 2.86. The van der Waals surface area contributed by atoms with Crippen LogP contribution in [0.4, 0.5) is 0 Å². The van der Waals surface area contributed by atoms with Crippen LogP contribution in [0.25, 0.3) is 0 Å². The standard InChI is InChI=1S/C12H24N2/c1-10-4-5-12(9-10)14-8-6-11-3-2-7-13-11/h10-14H,2-9H2,1H3. The SMILES string of the molecule is CC1CCC(NCCC2CCCN2)C1. The summed E-state index contributed by atoms with van der Waals surface area (Å²) in [5.41, 5.74) is 0. The van der Waals surface area contributed by atoms with Gasteiger partial charge in [-0.05, 0) is 57.5 Å². The lowest BCUT2D eigenvalue weighted by molar-refractivity contribution is 0.461. The van der Waals surface area contributed by atoms with Crippen LogP contribution in [0.2, 0.25) is 0 Å². The molecule has 0 spiro atoms. The van der Waals surface area contributed by atoms with Crippen LogP contribution in [0, 0.1) is 5.92 Å². The zero-order valence-electron chi connectivity index (χ0n) is 9.39. The van der Waals surface area contributed by atoms with E-state index in [1.165, 1.54) is 51.6 Å². The Bertz CT molecular complexity index is 164. The fourth-order valence-electron chi connectivity index (χ4n) is 2.86. The topological polar surface area (TPSA) is 24.1 Å². The third-order valence-electron chi connectivity index (χ3n) is 3.78. The largest absolute Gasteiger partial charge is 0.314 e. The van der Waals surface area contributed by atoms with Crippen molar-refractivity contribution in [3.63, 3.8) is 0 Å². The second kappa shape index (κ2) is 5.13. The van der Waals surface area contributed by atoms with Crippen LogP contribution in [-0.2, 0) is 0 Å². The van der Waals surface area contributed by atoms with Gasteiger partial charge in [0, 0.05) is 12.1 Å². The van der Waals surface area contributed by atoms with Gasteiger partial charge in [0.25, 0.3) is 0 Å². The monoisotopic (exact) mass is 196 g/mol. The highest BCUT2D eigenvalue weighted by molar-refractivity contribution is 4.80. The fraction of sp³-hybridized carbons (Fsp3) is 1.00. The Labute approximate surface area is 87.8 Å². The first kappa shape index (κ1) is 10.4. The molecule has 14 heavy (non-hydrogen) atoms. The van der Waals surface area contributed by atoms with Crippen molar-refractivity contribution in [3.05, 3.63) is 0 Å². The highest BCUT2D eigenvalue weighted by Crippen LogP contribution is 2.24. The first-order valence-electron chi connectivity index (χ1n) is 6.31. The van der Waals surface area contributed by atoms with E-state index < -0.39 is 0 Å². The van der Waals surface area contributed by atoms with Crippen LogP contribution in [0.3, 0.4) is 0 Å². The highest BCUT2D eigenvalue weighted by atomic mass is 15.0. The van der Waals surface area contributed by atoms with Crippen LogP contribution in [-0.4, -0.2) is 25.2 Å². The second-order valence-corrected chi connectivity index (χ2v) is 5.15. The smallest absolute Gasteiger partial charge is 0.00796 e. The maximum absolute atomic E-state index is 3.70. The molecular weight excluding hydrogens is 172 g/mol. The van der Waals surface area contributed by atoms with Crippen molar-refractivity contribution in [2.24, 2.45) is 5.92 Å². The summed E-state index contributed by atoms with van der Waals surface area (Å²) in [6.07, 6.45) is 8.33. The number of rotatable bonds is 4. The normalized spacial score (nSPS) is 37.9. The van der Waals surface area contributed by atoms with Crippen LogP contribution in [0.1, 0.15) is 45.4 Å². The van der Waals surface area contributed by atoms with E-state index in [1.807, 2.05) is 0 Å². The molecule has 1 saturated heterocycles. The molecule has 2 heteroatoms. The first-order valence-corrected chi connectivity index (χ1v) is 6.31. The lowest BCUT2D eigenvalue weighted by atomic mass is 10.1. The second-order valence-electron chi connectivity index (χ2n) is 5.15. The molecule has 2 fully saturated rings. The molecule has 0 bridgehead atoms. The first-order chi connectivity index (χ1) is 6.84. The summed E-state index contributed by atoms with van der Waals surface area (Å²) in [4.78, 5) is 0. The van der Waals surface area contributed by atoms with Gasteiger partial charge in [0.2, 0.25) is 0 Å². The van der Waals surface area contributed by atoms with Crippen LogP contribution < -0.4 is 10.6 Å². The summed E-state index contributed by atoms with van der Waals surface area (Å²) in [5, 5.41) is 7.25. The molecule has 3 unspecified atom stereocenters. The lowest BCUT2D eigenvalue weighted by Gasteiger charge is -2.15. The van der Waals surface area contributed by atoms with Gasteiger partial charge in [-0.25, -0.2) is 0 Å². The van der Waals surface area contributed by atoms with Crippen molar-refractivity contribution in [1.29, 1.82) is 0 Å². The highest BCUT2D eigenvalue weighted by Gasteiger charge is 2.21. The summed E-state index contributed by atoms with van der Waals surface area (Å²) in [6, 6.07) is 1.63. The van der Waals surface area contributed by atoms with Crippen molar-refractivity contribution < 1.29 is 0 Å². The van der Waals surface area contributed by atoms with Gasteiger partial charge in [-0.1, -0.05) is 6.92 Å². The van der Waals surface area contributed by atoms with E-state index >= 15 is 0 Å². The van der Waals surface area contributed by atoms with Crippen LogP contribution >= 0.6 is 0 Å². The van der Waals surface area contributed by atoms with E-state index in [4.69, 9.17) is 0 Å². The number of nitrogens with one attached hydrogen (secondary N) is 2. The maximum atomic E-state index is 3.70. The Balaban J connectivity index is 1.54. The van der Waals surface area contributed by atoms with E-state index in [2.05, 4.69) is 17.6 Å². The molecule has 82 valence electrons. The van der Waals surface area contributed by atoms with Gasteiger partial charge >= 0.3 is 0 Å². The Morgan fingerprint density at radius 1 is 1.29 bits per heavy atom. The summed E-state index contributed by atoms with van der Waals surface area (Å²) in [7, 11) is 0. The molecular formula is C12H24N2. The number of hydrogen-bond acceptors (Lipinski definition) is 2. The molecule has 1 aliphatic heterocycles. The quantitative estimate of drug-likeness (QED) is 0.717. The van der Waals surface area contributed by atoms with Gasteiger partial charge in [-0.3, -0.25) is 0 Å². The average molecular weight is 196 g/mol. The third kappa shape index (κ3) is 2.96. The van der Waals surface area contributed by atoms with Crippen LogP contribution in [0.15, 0.2) is 0 Å². The minimum atomic E-state index is 0.807. The van der Waals surface area contributed by atoms with Gasteiger partial charge < -0.3 is 10.6 Å². The zero-order chi connectivity index (χ0) is 9.80. The predicted molar refractivity (Wildman–Crippen MR) is 60.4 cm³/mol. The molecule has 0 amide bonds. The molecule has 2 N–H and O–H groups in total. The lowest BCUT2D eigenvalue weighted by Crippen LogP contribution is -2.32. The van der Waals surface area contributed by atoms with E-state index in [-0.39, 0.29) is 0 Å². The van der Waals surface area contributed by atoms with Gasteiger partial charge in [0.05, 0.1) is 0 Å². The zero-order valence-corrected chi connectivity index (χ0v) is 9.39. The minimum absolute atomic E-state index is 0.807. The van der Waals surface area contributed by atoms with E-state index in [0.29, 0.717) is 0 Å². The molecule has 0 aromatic rings. The van der Waals surface area contributed by atoms with Gasteiger partial charge in [-0.15, -0.1) is 0 Å². The minimum Gasteiger partial charge on any atom is -0.314 e. The van der Waals surface area contributed by atoms with Crippen molar-refractivity contribution in [2.75, 3.05) is 13.1 Å². The van der Waals surface area contributed by atoms with Crippen molar-refractivity contribution in [1.82, 2.24) is 10.6 Å². The molecule has 2 nitrogen and oxygen atoms in total. The van der Waals surface area contributed by atoms with Gasteiger partial charge in [0.1, 0.15) is 0 Å². The van der Waals surface area contributed by atoms with E-state index in [1.54, 1.807) is 0 Å². The van der Waals surface area contributed by atoms with Crippen LogP contribution in [0.5, 0.6) is 0 Å². The predicted octanol–water partition coefficient (Wildman–Crippen LogP) is 1.91. The molecule has 1 aliphatic carbocycles. The molecule has 0 radical (unpaired) electrons. The molecule has 2 aliphatic rings. The summed E-state index contributed by atoms with van der Waals surface area (Å²) in [5.74, 6) is 0.956. The number of hydrogen-bond donors (Lipinski definition) is 2. The Kier molecular flexibility index (Phi) is 3.82. The van der Waals surface area contributed by atoms with Crippen molar-refractivity contribution in [2.45, 2.75) is 57.5 Å². The summed E-state index contributed by atoms with van der Waals surface area (Å²) in [6.45, 7) is 4.83. The van der Waals surface area contributed by atoms with E-state index in [0.717, 1.165) is 18.0 Å². The maximum Gasteiger partial charge on any atom is 0.00796 e. The summed E-state index contributed by atoms with van der Waals surface area (Å²) < 4.78 is 0. The average Bonchev–Trinajstić information content (AvgIpc) is 2.77. The molecule has 0 aromatic heterocycles. The Hall–Kier alpha value is -0.0800. The van der Waals surface area contributed by atoms with E-state index in [9.17, 15) is 0 Å². The Morgan fingerprint density at radius 3 is 2.86 bits per heavy atom. The molecule has 2 rings (SSSR count). The summed E-state index contributed by atoms with van der Waals surface area (Å²) >= 11 is 0. The molecule has 3 atom stereocenters. The molecule has 0 aromatic carbocycles. The van der Waals surface area contributed by atoms with Crippen molar-refractivity contribution in [3.8, 4) is 0 Å². The Morgan fingerprint density at radius 2 is 2.21 bits per heavy atom.